The summed E-state index contributed by atoms with van der Waals surface area (Å²) in [4.78, 5) is 29.2. The van der Waals surface area contributed by atoms with E-state index in [0.717, 1.165) is 30.2 Å². The summed E-state index contributed by atoms with van der Waals surface area (Å²) in [5.41, 5.74) is 3.68. The van der Waals surface area contributed by atoms with E-state index >= 15 is 0 Å². The van der Waals surface area contributed by atoms with Gasteiger partial charge in [-0.3, -0.25) is 9.59 Å². The Balaban J connectivity index is 1.23. The van der Waals surface area contributed by atoms with Crippen LogP contribution in [0.2, 0.25) is 0 Å². The number of amides is 2. The first kappa shape index (κ1) is 25.1. The van der Waals surface area contributed by atoms with Crippen LogP contribution in [0.5, 0.6) is 11.5 Å². The van der Waals surface area contributed by atoms with Crippen molar-refractivity contribution in [3.05, 3.63) is 83.9 Å². The third kappa shape index (κ3) is 6.36. The van der Waals surface area contributed by atoms with Crippen LogP contribution in [0.25, 0.3) is 0 Å². The molecule has 1 saturated heterocycles. The Kier molecular flexibility index (Phi) is 8.10. The van der Waals surface area contributed by atoms with Gasteiger partial charge < -0.3 is 24.6 Å². The quantitative estimate of drug-likeness (QED) is 0.494. The van der Waals surface area contributed by atoms with Crippen LogP contribution in [-0.2, 0) is 4.79 Å². The number of nitrogens with one attached hydrogen (secondary N) is 1. The van der Waals surface area contributed by atoms with Crippen molar-refractivity contribution in [2.75, 3.05) is 50.1 Å². The van der Waals surface area contributed by atoms with Crippen molar-refractivity contribution in [2.24, 2.45) is 0 Å². The van der Waals surface area contributed by atoms with Crippen LogP contribution in [-0.4, -0.2) is 56.6 Å². The van der Waals surface area contributed by atoms with Gasteiger partial charge in [0.15, 0.2) is 6.61 Å². The lowest BCUT2D eigenvalue weighted by Gasteiger charge is -2.36. The zero-order valence-electron chi connectivity index (χ0n) is 21.1. The molecule has 36 heavy (non-hydrogen) atoms. The number of piperazine rings is 1. The van der Waals surface area contributed by atoms with Crippen LogP contribution in [0.15, 0.2) is 72.8 Å². The number of ether oxygens (including phenoxy) is 2. The number of rotatable bonds is 8. The molecule has 4 rings (SSSR count). The van der Waals surface area contributed by atoms with Gasteiger partial charge >= 0.3 is 0 Å². The monoisotopic (exact) mass is 487 g/mol. The van der Waals surface area contributed by atoms with Crippen molar-refractivity contribution >= 4 is 23.2 Å². The predicted octanol–water partition coefficient (Wildman–Crippen LogP) is 4.80. The molecule has 3 aromatic rings. The molecular weight excluding hydrogens is 454 g/mol. The highest BCUT2D eigenvalue weighted by molar-refractivity contribution is 5.94. The molecule has 7 nitrogen and oxygen atoms in total. The number of benzene rings is 3. The van der Waals surface area contributed by atoms with Gasteiger partial charge in [0.1, 0.15) is 11.5 Å². The third-order valence-corrected chi connectivity index (χ3v) is 6.34. The van der Waals surface area contributed by atoms with Gasteiger partial charge in [-0.25, -0.2) is 0 Å². The second-order valence-corrected chi connectivity index (χ2v) is 9.12. The van der Waals surface area contributed by atoms with Crippen molar-refractivity contribution < 1.29 is 19.1 Å². The van der Waals surface area contributed by atoms with Crippen LogP contribution in [0.4, 0.5) is 11.4 Å². The number of carbonyl (C=O) groups excluding carboxylic acids is 2. The lowest BCUT2D eigenvalue weighted by molar-refractivity contribution is -0.118. The van der Waals surface area contributed by atoms with E-state index in [1.807, 2.05) is 53.4 Å². The molecule has 2 amide bonds. The van der Waals surface area contributed by atoms with E-state index in [0.29, 0.717) is 30.3 Å². The number of hydrogen-bond donors (Lipinski definition) is 1. The maximum Gasteiger partial charge on any atom is 0.262 e. The molecule has 0 aliphatic carbocycles. The summed E-state index contributed by atoms with van der Waals surface area (Å²) in [5.74, 6) is 1.69. The van der Waals surface area contributed by atoms with Gasteiger partial charge in [-0.1, -0.05) is 26.0 Å². The van der Waals surface area contributed by atoms with Crippen molar-refractivity contribution in [1.29, 1.82) is 0 Å². The Morgan fingerprint density at radius 2 is 1.44 bits per heavy atom. The largest absolute Gasteiger partial charge is 0.497 e. The molecule has 188 valence electrons. The zero-order chi connectivity index (χ0) is 25.5. The van der Waals surface area contributed by atoms with E-state index in [-0.39, 0.29) is 18.4 Å². The molecule has 1 aliphatic heterocycles. The number of methoxy groups -OCH3 is 1. The highest BCUT2D eigenvalue weighted by Crippen LogP contribution is 2.22. The summed E-state index contributed by atoms with van der Waals surface area (Å²) < 4.78 is 10.8. The number of carbonyl (C=O) groups is 2. The summed E-state index contributed by atoms with van der Waals surface area (Å²) >= 11 is 0. The molecule has 3 aromatic carbocycles. The van der Waals surface area contributed by atoms with Crippen molar-refractivity contribution in [1.82, 2.24) is 4.90 Å². The SMILES string of the molecule is COc1ccc(C(=O)N2CCN(c3ccc(NC(=O)COc4ccc(C(C)C)cc4)cc3)CC2)cc1. The van der Waals surface area contributed by atoms with Gasteiger partial charge in [-0.15, -0.1) is 0 Å². The molecule has 0 radical (unpaired) electrons. The summed E-state index contributed by atoms with van der Waals surface area (Å²) in [6.07, 6.45) is 0. The van der Waals surface area contributed by atoms with Gasteiger partial charge in [-0.05, 0) is 72.1 Å². The summed E-state index contributed by atoms with van der Waals surface area (Å²) in [5, 5.41) is 2.88. The number of anilines is 2. The molecule has 0 spiro atoms. The van der Waals surface area contributed by atoms with Gasteiger partial charge in [0.25, 0.3) is 11.8 Å². The first-order chi connectivity index (χ1) is 17.4. The van der Waals surface area contributed by atoms with Crippen LogP contribution in [0.1, 0.15) is 35.7 Å². The number of hydrogen-bond acceptors (Lipinski definition) is 5. The van der Waals surface area contributed by atoms with Crippen LogP contribution >= 0.6 is 0 Å². The molecule has 0 unspecified atom stereocenters. The Hall–Kier alpha value is -4.00. The second-order valence-electron chi connectivity index (χ2n) is 9.12. The summed E-state index contributed by atoms with van der Waals surface area (Å²) in [7, 11) is 1.61. The molecule has 1 aliphatic rings. The summed E-state index contributed by atoms with van der Waals surface area (Å²) in [6.45, 7) is 7.03. The number of nitrogens with zero attached hydrogens (tertiary/aromatic N) is 2. The Morgan fingerprint density at radius 1 is 0.833 bits per heavy atom. The summed E-state index contributed by atoms with van der Waals surface area (Å²) in [6, 6.07) is 22.8. The molecule has 0 bridgehead atoms. The predicted molar refractivity (Wildman–Crippen MR) is 142 cm³/mol. The molecular formula is C29H33N3O4. The normalized spacial score (nSPS) is 13.4. The van der Waals surface area contributed by atoms with Crippen molar-refractivity contribution in [3.8, 4) is 11.5 Å². The fourth-order valence-electron chi connectivity index (χ4n) is 4.13. The minimum absolute atomic E-state index is 0.0356. The zero-order valence-corrected chi connectivity index (χ0v) is 21.1. The second kappa shape index (κ2) is 11.6. The van der Waals surface area contributed by atoms with Crippen molar-refractivity contribution in [3.63, 3.8) is 0 Å². The highest BCUT2D eigenvalue weighted by Gasteiger charge is 2.22. The Bertz CT molecular complexity index is 1150. The topological polar surface area (TPSA) is 71.1 Å². The first-order valence-electron chi connectivity index (χ1n) is 12.2. The maximum absolute atomic E-state index is 12.8. The lowest BCUT2D eigenvalue weighted by Crippen LogP contribution is -2.48. The van der Waals surface area contributed by atoms with E-state index in [1.54, 1.807) is 31.4 Å². The smallest absolute Gasteiger partial charge is 0.262 e. The van der Waals surface area contributed by atoms with Crippen LogP contribution in [0, 0.1) is 0 Å². The van der Waals surface area contributed by atoms with Crippen LogP contribution < -0.4 is 19.7 Å². The molecule has 1 fully saturated rings. The highest BCUT2D eigenvalue weighted by atomic mass is 16.5. The Morgan fingerprint density at radius 3 is 2.03 bits per heavy atom. The molecule has 7 heteroatoms. The first-order valence-corrected chi connectivity index (χ1v) is 12.2. The fourth-order valence-corrected chi connectivity index (χ4v) is 4.13. The van der Waals surface area contributed by atoms with E-state index in [9.17, 15) is 9.59 Å². The van der Waals surface area contributed by atoms with Gasteiger partial charge in [0.05, 0.1) is 7.11 Å². The molecule has 0 saturated carbocycles. The van der Waals surface area contributed by atoms with Gasteiger partial charge in [0.2, 0.25) is 0 Å². The van der Waals surface area contributed by atoms with E-state index in [1.165, 1.54) is 5.56 Å². The third-order valence-electron chi connectivity index (χ3n) is 6.34. The standard InChI is InChI=1S/C29H33N3O4/c1-21(2)22-4-14-27(15-5-22)36-20-28(33)30-24-8-10-25(11-9-24)31-16-18-32(19-17-31)29(34)23-6-12-26(35-3)13-7-23/h4-15,21H,16-20H2,1-3H3,(H,30,33). The molecule has 1 heterocycles. The average Bonchev–Trinajstić information content (AvgIpc) is 2.92. The van der Waals surface area contributed by atoms with Crippen molar-refractivity contribution in [2.45, 2.75) is 19.8 Å². The lowest BCUT2D eigenvalue weighted by atomic mass is 10.0. The Labute approximate surface area is 212 Å². The fraction of sp³-hybridized carbons (Fsp3) is 0.310. The van der Waals surface area contributed by atoms with E-state index in [4.69, 9.17) is 9.47 Å². The molecule has 0 atom stereocenters. The minimum atomic E-state index is -0.207. The van der Waals surface area contributed by atoms with Gasteiger partial charge in [0, 0.05) is 43.1 Å². The maximum atomic E-state index is 12.8. The van der Waals surface area contributed by atoms with E-state index in [2.05, 4.69) is 24.1 Å². The van der Waals surface area contributed by atoms with Gasteiger partial charge in [-0.2, -0.15) is 0 Å². The average molecular weight is 488 g/mol. The minimum Gasteiger partial charge on any atom is -0.497 e. The van der Waals surface area contributed by atoms with E-state index < -0.39 is 0 Å². The van der Waals surface area contributed by atoms with Crippen LogP contribution in [0.3, 0.4) is 0 Å². The molecule has 1 N–H and O–H groups in total. The molecule has 0 aromatic heterocycles.